The van der Waals surface area contributed by atoms with E-state index in [0.29, 0.717) is 19.0 Å². The molecule has 0 radical (unpaired) electrons. The highest BCUT2D eigenvalue weighted by Gasteiger charge is 2.40. The summed E-state index contributed by atoms with van der Waals surface area (Å²) in [5.74, 6) is -0.682. The van der Waals surface area contributed by atoms with Gasteiger partial charge in [0.25, 0.3) is 0 Å². The third-order valence-corrected chi connectivity index (χ3v) is 3.45. The number of carboxylic acids is 1. The Kier molecular flexibility index (Phi) is 4.94. The van der Waals surface area contributed by atoms with Crippen LogP contribution < -0.4 is 15.6 Å². The number of methoxy groups -OCH3 is 1. The van der Waals surface area contributed by atoms with Crippen molar-refractivity contribution < 1.29 is 19.4 Å². The lowest BCUT2D eigenvalue weighted by Crippen LogP contribution is -2.30. The van der Waals surface area contributed by atoms with Gasteiger partial charge in [-0.05, 0) is 13.0 Å². The van der Waals surface area contributed by atoms with E-state index in [-0.39, 0.29) is 12.1 Å². The van der Waals surface area contributed by atoms with Gasteiger partial charge in [-0.1, -0.05) is 18.2 Å². The fraction of sp³-hybridized carbons (Fsp3) is 0.500. The van der Waals surface area contributed by atoms with Crippen molar-refractivity contribution in [3.63, 3.8) is 0 Å². The first-order chi connectivity index (χ1) is 9.65. The molecule has 1 aliphatic rings. The average molecular weight is 280 g/mol. The van der Waals surface area contributed by atoms with Gasteiger partial charge in [0.15, 0.2) is 0 Å². The van der Waals surface area contributed by atoms with E-state index < -0.39 is 11.9 Å². The van der Waals surface area contributed by atoms with Gasteiger partial charge in [-0.2, -0.15) is 0 Å². The molecular weight excluding hydrogens is 260 g/mol. The van der Waals surface area contributed by atoms with E-state index in [1.807, 2.05) is 31.2 Å². The molecule has 20 heavy (non-hydrogen) atoms. The molecule has 1 aromatic rings. The Morgan fingerprint density at radius 2 is 2.05 bits per heavy atom. The summed E-state index contributed by atoms with van der Waals surface area (Å²) in [6.07, 6.45) is 0. The van der Waals surface area contributed by atoms with Gasteiger partial charge in [-0.3, -0.25) is 10.2 Å². The second-order valence-electron chi connectivity index (χ2n) is 4.80. The minimum absolute atomic E-state index is 0.149. The highest BCUT2D eigenvalue weighted by molar-refractivity contribution is 5.73. The molecule has 3 N–H and O–H groups in total. The van der Waals surface area contributed by atoms with E-state index in [9.17, 15) is 9.90 Å². The molecule has 3 atom stereocenters. The van der Waals surface area contributed by atoms with Crippen molar-refractivity contribution in [2.24, 2.45) is 5.92 Å². The van der Waals surface area contributed by atoms with Crippen molar-refractivity contribution in [1.29, 1.82) is 0 Å². The van der Waals surface area contributed by atoms with Gasteiger partial charge in [0.05, 0.1) is 18.6 Å². The summed E-state index contributed by atoms with van der Waals surface area (Å²) in [5.41, 5.74) is 6.87. The topological polar surface area (TPSA) is 79.8 Å². The van der Waals surface area contributed by atoms with E-state index in [1.165, 1.54) is 0 Å². The van der Waals surface area contributed by atoms with Gasteiger partial charge in [0, 0.05) is 18.7 Å². The highest BCUT2D eigenvalue weighted by Crippen LogP contribution is 2.34. The molecule has 0 amide bonds. The first-order valence-corrected chi connectivity index (χ1v) is 6.59. The summed E-state index contributed by atoms with van der Waals surface area (Å²) >= 11 is 0. The largest absolute Gasteiger partial charge is 0.491 e. The number of carboxylic acid groups (broad SMARTS) is 1. The zero-order chi connectivity index (χ0) is 14.5. The summed E-state index contributed by atoms with van der Waals surface area (Å²) in [6, 6.07) is 7.00. The number of benzene rings is 1. The second-order valence-corrected chi connectivity index (χ2v) is 4.80. The molecule has 6 heteroatoms. The third-order valence-electron chi connectivity index (χ3n) is 3.45. The van der Waals surface area contributed by atoms with Crippen LogP contribution in [0.25, 0.3) is 0 Å². The first kappa shape index (κ1) is 14.8. The normalized spacial score (nSPS) is 25.6. The predicted molar refractivity (Wildman–Crippen MR) is 73.4 cm³/mol. The molecule has 1 fully saturated rings. The van der Waals surface area contributed by atoms with Crippen LogP contribution in [-0.4, -0.2) is 37.4 Å². The molecule has 6 nitrogen and oxygen atoms in total. The molecule has 1 aromatic carbocycles. The van der Waals surface area contributed by atoms with E-state index in [4.69, 9.17) is 9.47 Å². The number of aliphatic carboxylic acids is 1. The van der Waals surface area contributed by atoms with E-state index in [0.717, 1.165) is 5.56 Å². The van der Waals surface area contributed by atoms with Crippen LogP contribution in [0.3, 0.4) is 0 Å². The average Bonchev–Trinajstić information content (AvgIpc) is 2.81. The molecule has 3 unspecified atom stereocenters. The Morgan fingerprint density at radius 1 is 1.30 bits per heavy atom. The fourth-order valence-electron chi connectivity index (χ4n) is 2.42. The number of ether oxygens (including phenoxy) is 2. The van der Waals surface area contributed by atoms with Gasteiger partial charge in [0.1, 0.15) is 12.4 Å². The first-order valence-electron chi connectivity index (χ1n) is 6.59. The smallest absolute Gasteiger partial charge is 0.310 e. The zero-order valence-corrected chi connectivity index (χ0v) is 11.6. The van der Waals surface area contributed by atoms with Crippen LogP contribution in [0.1, 0.15) is 18.5 Å². The van der Waals surface area contributed by atoms with Gasteiger partial charge in [-0.15, -0.1) is 0 Å². The summed E-state index contributed by atoms with van der Waals surface area (Å²) < 4.78 is 10.6. The quantitative estimate of drug-likeness (QED) is 0.673. The number of hydrogen-bond donors (Lipinski definition) is 3. The van der Waals surface area contributed by atoms with Crippen molar-refractivity contribution in [1.82, 2.24) is 10.9 Å². The molecular formula is C14H20N2O4. The highest BCUT2D eigenvalue weighted by atomic mass is 16.5. The molecule has 1 saturated heterocycles. The summed E-state index contributed by atoms with van der Waals surface area (Å²) in [6.45, 7) is 2.77. The lowest BCUT2D eigenvalue weighted by atomic mass is 9.90. The molecule has 2 rings (SSSR count). The molecule has 0 bridgehead atoms. The maximum atomic E-state index is 11.4. The Labute approximate surface area is 118 Å². The number of carbonyl (C=O) groups is 1. The van der Waals surface area contributed by atoms with Crippen LogP contribution in [0, 0.1) is 5.92 Å². The van der Waals surface area contributed by atoms with E-state index >= 15 is 0 Å². The summed E-state index contributed by atoms with van der Waals surface area (Å²) in [4.78, 5) is 11.4. The van der Waals surface area contributed by atoms with Gasteiger partial charge < -0.3 is 14.6 Å². The van der Waals surface area contributed by atoms with Crippen LogP contribution in [0.4, 0.5) is 0 Å². The maximum Gasteiger partial charge on any atom is 0.310 e. The van der Waals surface area contributed by atoms with Crippen LogP contribution in [0.5, 0.6) is 5.75 Å². The van der Waals surface area contributed by atoms with Crippen molar-refractivity contribution >= 4 is 5.97 Å². The summed E-state index contributed by atoms with van der Waals surface area (Å²) in [5, 5.41) is 9.38. The Bertz CT molecular complexity index is 466. The third kappa shape index (κ3) is 3.09. The summed E-state index contributed by atoms with van der Waals surface area (Å²) in [7, 11) is 1.61. The number of hydrogen-bond acceptors (Lipinski definition) is 5. The Balaban J connectivity index is 2.21. The maximum absolute atomic E-state index is 11.4. The Morgan fingerprint density at radius 3 is 2.75 bits per heavy atom. The van der Waals surface area contributed by atoms with Gasteiger partial charge >= 0.3 is 5.97 Å². The van der Waals surface area contributed by atoms with E-state index in [1.54, 1.807) is 7.11 Å². The van der Waals surface area contributed by atoms with Crippen LogP contribution >= 0.6 is 0 Å². The lowest BCUT2D eigenvalue weighted by Gasteiger charge is -2.20. The van der Waals surface area contributed by atoms with Crippen molar-refractivity contribution in [3.8, 4) is 5.75 Å². The van der Waals surface area contributed by atoms with Crippen LogP contribution in [-0.2, 0) is 9.53 Å². The number of nitrogens with one attached hydrogen (secondary N) is 2. The zero-order valence-electron chi connectivity index (χ0n) is 11.6. The van der Waals surface area contributed by atoms with Crippen molar-refractivity contribution in [2.75, 3.05) is 20.3 Å². The molecule has 1 aliphatic heterocycles. The number of rotatable bonds is 6. The lowest BCUT2D eigenvalue weighted by molar-refractivity contribution is -0.142. The predicted octanol–water partition coefficient (Wildman–Crippen LogP) is 0.950. The molecule has 110 valence electrons. The molecule has 0 aliphatic carbocycles. The van der Waals surface area contributed by atoms with Crippen molar-refractivity contribution in [2.45, 2.75) is 19.0 Å². The molecule has 0 spiro atoms. The standard InChI is InChI=1S/C14H20N2O4/c1-9-12(14(17)18)13(16-15-9)10-5-3-4-6-11(10)20-8-7-19-2/h3-6,9,12-13,15-16H,7-8H2,1-2H3,(H,17,18). The monoisotopic (exact) mass is 280 g/mol. The molecule has 0 saturated carbocycles. The molecule has 0 aromatic heterocycles. The molecule has 1 heterocycles. The minimum Gasteiger partial charge on any atom is -0.491 e. The van der Waals surface area contributed by atoms with Gasteiger partial charge in [-0.25, -0.2) is 5.43 Å². The van der Waals surface area contributed by atoms with Crippen LogP contribution in [0.2, 0.25) is 0 Å². The fourth-order valence-corrected chi connectivity index (χ4v) is 2.42. The minimum atomic E-state index is -0.827. The van der Waals surface area contributed by atoms with Crippen molar-refractivity contribution in [3.05, 3.63) is 29.8 Å². The SMILES string of the molecule is COCCOc1ccccc1C1NNC(C)C1C(=O)O. The number of para-hydroxylation sites is 1. The number of hydrazine groups is 1. The second kappa shape index (κ2) is 6.69. The van der Waals surface area contributed by atoms with Crippen LogP contribution in [0.15, 0.2) is 24.3 Å². The Hall–Kier alpha value is -1.63. The van der Waals surface area contributed by atoms with Gasteiger partial charge in [0.2, 0.25) is 0 Å². The van der Waals surface area contributed by atoms with E-state index in [2.05, 4.69) is 10.9 Å².